The second-order valence-corrected chi connectivity index (χ2v) is 11.1. The van der Waals surface area contributed by atoms with E-state index < -0.39 is 27.5 Å². The van der Waals surface area contributed by atoms with E-state index in [1.54, 1.807) is 12.1 Å². The van der Waals surface area contributed by atoms with Crippen LogP contribution in [0.2, 0.25) is 0 Å². The minimum absolute atomic E-state index is 0.0782. The predicted octanol–water partition coefficient (Wildman–Crippen LogP) is 4.32. The molecule has 0 saturated heterocycles. The maximum Gasteiger partial charge on any atom is 0.260 e. The first-order valence-electron chi connectivity index (χ1n) is 12.4. The SMILES string of the molecule is O=C(Nc1cc(-c2[nH]c3c(c2Nc2ccccc2)C(=O)CN(S(=O)(=O)c2cnc[nH]2)C3)ccn1)c1ccc(F)cc1. The van der Waals surface area contributed by atoms with Gasteiger partial charge in [0, 0.05) is 28.7 Å². The van der Waals surface area contributed by atoms with Gasteiger partial charge in [0.05, 0.1) is 42.6 Å². The quantitative estimate of drug-likeness (QED) is 0.227. The Hall–Kier alpha value is -5.14. The van der Waals surface area contributed by atoms with Crippen molar-refractivity contribution in [3.8, 4) is 11.3 Å². The zero-order valence-corrected chi connectivity index (χ0v) is 22.1. The van der Waals surface area contributed by atoms with Crippen molar-refractivity contribution >= 4 is 38.9 Å². The number of amides is 1. The van der Waals surface area contributed by atoms with Crippen molar-refractivity contribution in [2.75, 3.05) is 17.2 Å². The van der Waals surface area contributed by atoms with E-state index in [1.165, 1.54) is 43.0 Å². The van der Waals surface area contributed by atoms with Crippen LogP contribution >= 0.6 is 0 Å². The van der Waals surface area contributed by atoms with E-state index in [2.05, 4.69) is 30.6 Å². The van der Waals surface area contributed by atoms with Crippen molar-refractivity contribution in [2.24, 2.45) is 0 Å². The maximum absolute atomic E-state index is 13.5. The number of rotatable bonds is 7. The number of hydrogen-bond donors (Lipinski definition) is 4. The normalized spacial score (nSPS) is 13.5. The van der Waals surface area contributed by atoms with E-state index in [9.17, 15) is 22.4 Å². The monoisotopic (exact) mass is 571 g/mol. The molecule has 0 saturated carbocycles. The number of pyridine rings is 1. The van der Waals surface area contributed by atoms with Crippen LogP contribution in [0.3, 0.4) is 0 Å². The zero-order valence-electron chi connectivity index (χ0n) is 21.3. The fourth-order valence-corrected chi connectivity index (χ4v) is 5.85. The van der Waals surface area contributed by atoms with Crippen molar-refractivity contribution in [3.63, 3.8) is 0 Å². The van der Waals surface area contributed by atoms with Gasteiger partial charge in [0.25, 0.3) is 15.9 Å². The minimum atomic E-state index is -4.00. The van der Waals surface area contributed by atoms with Crippen LogP contribution in [0.15, 0.2) is 90.5 Å². The average molecular weight is 572 g/mol. The van der Waals surface area contributed by atoms with E-state index in [0.29, 0.717) is 28.2 Å². The van der Waals surface area contributed by atoms with Gasteiger partial charge in [-0.1, -0.05) is 18.2 Å². The van der Waals surface area contributed by atoms with E-state index in [1.807, 2.05) is 30.3 Å². The van der Waals surface area contributed by atoms with Gasteiger partial charge in [-0.25, -0.2) is 22.8 Å². The molecule has 13 heteroatoms. The van der Waals surface area contributed by atoms with Gasteiger partial charge in [0.2, 0.25) is 0 Å². The lowest BCUT2D eigenvalue weighted by atomic mass is 10.0. The van der Waals surface area contributed by atoms with Gasteiger partial charge in [-0.2, -0.15) is 4.31 Å². The van der Waals surface area contributed by atoms with Crippen LogP contribution in [0.1, 0.15) is 26.4 Å². The molecule has 0 radical (unpaired) electrons. The minimum Gasteiger partial charge on any atom is -0.355 e. The number of hydrogen-bond acceptors (Lipinski definition) is 7. The smallest absolute Gasteiger partial charge is 0.260 e. The van der Waals surface area contributed by atoms with Crippen molar-refractivity contribution in [1.82, 2.24) is 24.2 Å². The third-order valence-corrected chi connectivity index (χ3v) is 8.26. The number of aromatic amines is 2. The topological polar surface area (TPSA) is 153 Å². The highest BCUT2D eigenvalue weighted by molar-refractivity contribution is 7.89. The van der Waals surface area contributed by atoms with E-state index >= 15 is 0 Å². The second kappa shape index (κ2) is 10.4. The zero-order chi connectivity index (χ0) is 28.6. The molecule has 11 nitrogen and oxygen atoms in total. The Kier molecular flexibility index (Phi) is 6.65. The number of para-hydroxylation sites is 1. The Labute approximate surface area is 233 Å². The number of imidazole rings is 1. The third kappa shape index (κ3) is 5.11. The molecule has 2 aromatic carbocycles. The predicted molar refractivity (Wildman–Crippen MR) is 149 cm³/mol. The van der Waals surface area contributed by atoms with Gasteiger partial charge in [0.1, 0.15) is 11.6 Å². The highest BCUT2D eigenvalue weighted by atomic mass is 32.2. The van der Waals surface area contributed by atoms with Gasteiger partial charge in [-0.3, -0.25) is 9.59 Å². The first-order chi connectivity index (χ1) is 19.8. The molecular weight excluding hydrogens is 549 g/mol. The van der Waals surface area contributed by atoms with Crippen molar-refractivity contribution < 1.29 is 22.4 Å². The molecule has 0 unspecified atom stereocenters. The number of H-pyrrole nitrogens is 2. The number of benzene rings is 2. The van der Waals surface area contributed by atoms with Gasteiger partial charge in [-0.05, 0) is 48.5 Å². The van der Waals surface area contributed by atoms with Gasteiger partial charge in [0.15, 0.2) is 10.8 Å². The molecule has 5 aromatic rings. The highest BCUT2D eigenvalue weighted by Gasteiger charge is 2.37. The Morgan fingerprint density at radius 2 is 1.80 bits per heavy atom. The molecule has 1 aliphatic rings. The summed E-state index contributed by atoms with van der Waals surface area (Å²) in [6, 6.07) is 17.7. The van der Waals surface area contributed by atoms with Crippen LogP contribution in [0.5, 0.6) is 0 Å². The Bertz CT molecular complexity index is 1860. The highest BCUT2D eigenvalue weighted by Crippen LogP contribution is 2.39. The van der Waals surface area contributed by atoms with Gasteiger partial charge in [-0.15, -0.1) is 0 Å². The average Bonchev–Trinajstić information content (AvgIpc) is 3.64. The van der Waals surface area contributed by atoms with Gasteiger partial charge < -0.3 is 20.6 Å². The number of carbonyl (C=O) groups excluding carboxylic acids is 2. The molecule has 4 heterocycles. The maximum atomic E-state index is 13.5. The molecule has 1 aliphatic heterocycles. The first-order valence-corrected chi connectivity index (χ1v) is 13.9. The molecule has 206 valence electrons. The lowest BCUT2D eigenvalue weighted by molar-refractivity contribution is 0.0949. The van der Waals surface area contributed by atoms with Crippen LogP contribution < -0.4 is 10.6 Å². The summed E-state index contributed by atoms with van der Waals surface area (Å²) in [6.45, 7) is -0.435. The first kappa shape index (κ1) is 26.1. The summed E-state index contributed by atoms with van der Waals surface area (Å²) in [5.74, 6) is -1.10. The Morgan fingerprint density at radius 1 is 1.02 bits per heavy atom. The number of nitrogens with one attached hydrogen (secondary N) is 4. The van der Waals surface area contributed by atoms with Crippen LogP contribution in [0, 0.1) is 5.82 Å². The molecule has 6 rings (SSSR count). The molecule has 0 bridgehead atoms. The number of fused-ring (bicyclic) bond motifs is 1. The molecule has 41 heavy (non-hydrogen) atoms. The molecule has 3 aromatic heterocycles. The number of ketones is 1. The van der Waals surface area contributed by atoms with Crippen LogP contribution in [-0.4, -0.2) is 50.9 Å². The summed E-state index contributed by atoms with van der Waals surface area (Å²) in [7, 11) is -4.00. The molecule has 0 spiro atoms. The van der Waals surface area contributed by atoms with Crippen LogP contribution in [0.4, 0.5) is 21.6 Å². The van der Waals surface area contributed by atoms with Crippen LogP contribution in [-0.2, 0) is 16.6 Å². The number of Topliss-reactive ketones (excluding diaryl/α,β-unsaturated/α-hetero) is 1. The molecule has 0 atom stereocenters. The summed E-state index contributed by atoms with van der Waals surface area (Å²) in [6.07, 6.45) is 3.95. The van der Waals surface area contributed by atoms with Crippen molar-refractivity contribution in [2.45, 2.75) is 11.6 Å². The third-order valence-electron chi connectivity index (χ3n) is 6.54. The summed E-state index contributed by atoms with van der Waals surface area (Å²) in [4.78, 5) is 40.0. The lowest BCUT2D eigenvalue weighted by Gasteiger charge is -2.25. The number of aromatic nitrogens is 4. The Morgan fingerprint density at radius 3 is 2.54 bits per heavy atom. The molecule has 1 amide bonds. The number of sulfonamides is 1. The lowest BCUT2D eigenvalue weighted by Crippen LogP contribution is -2.39. The fraction of sp³-hybridized carbons (Fsp3) is 0.0714. The molecule has 0 aliphatic carbocycles. The number of nitrogens with zero attached hydrogens (tertiary/aromatic N) is 3. The van der Waals surface area contributed by atoms with Gasteiger partial charge >= 0.3 is 0 Å². The summed E-state index contributed by atoms with van der Waals surface area (Å²) in [5, 5.41) is 5.89. The van der Waals surface area contributed by atoms with Crippen molar-refractivity contribution in [3.05, 3.63) is 108 Å². The molecular formula is C28H22FN7O4S. The number of carbonyl (C=O) groups is 2. The number of anilines is 3. The summed E-state index contributed by atoms with van der Waals surface area (Å²) < 4.78 is 40.6. The molecule has 0 fully saturated rings. The van der Waals surface area contributed by atoms with Crippen molar-refractivity contribution in [1.29, 1.82) is 0 Å². The summed E-state index contributed by atoms with van der Waals surface area (Å²) >= 11 is 0. The van der Waals surface area contributed by atoms with E-state index in [0.717, 1.165) is 9.99 Å². The standard InChI is InChI=1S/C28H22FN7O4S/c29-19-8-6-17(7-9-19)28(38)35-23-12-18(10-11-31-23)26-27(33-20-4-2-1-3-5-20)25-21(34-26)14-36(15-22(25)37)41(39,40)24-13-30-16-32-24/h1-13,16,33-34H,14-15H2,(H,30,32)(H,31,35,38). The number of halogens is 1. The second-order valence-electron chi connectivity index (χ2n) is 9.22. The largest absolute Gasteiger partial charge is 0.355 e. The fourth-order valence-electron chi connectivity index (χ4n) is 4.59. The molecule has 4 N–H and O–H groups in total. The summed E-state index contributed by atoms with van der Waals surface area (Å²) in [5.41, 5.74) is 3.28. The van der Waals surface area contributed by atoms with Crippen LogP contribution in [0.25, 0.3) is 11.3 Å². The Balaban J connectivity index is 1.38. The van der Waals surface area contributed by atoms with E-state index in [4.69, 9.17) is 0 Å². The van der Waals surface area contributed by atoms with E-state index in [-0.39, 0.29) is 29.5 Å².